The van der Waals surface area contributed by atoms with Gasteiger partial charge in [0.15, 0.2) is 4.34 Å². The minimum Gasteiger partial charge on any atom is -0.300 e. The second-order valence-electron chi connectivity index (χ2n) is 6.45. The molecule has 0 unspecified atom stereocenters. The molecule has 0 saturated heterocycles. The van der Waals surface area contributed by atoms with Crippen molar-refractivity contribution in [1.29, 1.82) is 0 Å². The smallest absolute Gasteiger partial charge is 0.269 e. The Balaban J connectivity index is 1.36. The maximum atomic E-state index is 12.5. The molecule has 0 atom stereocenters. The average molecular weight is 437 g/mol. The van der Waals surface area contributed by atoms with E-state index in [1.54, 1.807) is 12.1 Å². The van der Waals surface area contributed by atoms with Gasteiger partial charge in [0.2, 0.25) is 11.0 Å². The molecular weight excluding hydrogens is 420 g/mol. The summed E-state index contributed by atoms with van der Waals surface area (Å²) in [5, 5.41) is 24.4. The number of nitrogens with one attached hydrogen (secondary N) is 1. The highest BCUT2D eigenvalue weighted by molar-refractivity contribution is 8.00. The van der Waals surface area contributed by atoms with Gasteiger partial charge in [-0.2, -0.15) is 0 Å². The Morgan fingerprint density at radius 1 is 1.07 bits per heavy atom. The normalized spacial score (nSPS) is 10.8. The molecule has 0 bridgehead atoms. The van der Waals surface area contributed by atoms with E-state index in [1.165, 1.54) is 29.2 Å². The van der Waals surface area contributed by atoms with Crippen molar-refractivity contribution in [3.63, 3.8) is 0 Å². The number of carbonyl (C=O) groups is 1. The van der Waals surface area contributed by atoms with Gasteiger partial charge in [0, 0.05) is 17.9 Å². The molecule has 0 aliphatic heterocycles. The number of rotatable bonds is 7. The lowest BCUT2D eigenvalue weighted by Crippen LogP contribution is -2.14. The zero-order valence-electron chi connectivity index (χ0n) is 15.6. The van der Waals surface area contributed by atoms with Crippen LogP contribution in [0.2, 0.25) is 0 Å². The van der Waals surface area contributed by atoms with Gasteiger partial charge in [-0.3, -0.25) is 14.9 Å². The van der Waals surface area contributed by atoms with Crippen molar-refractivity contribution in [3.8, 4) is 0 Å². The summed E-state index contributed by atoms with van der Waals surface area (Å²) in [5.41, 5.74) is 1.84. The standard InChI is InChI=1S/C21H16N4O3S2/c26-19(12-16-8-4-7-15-6-1-2-10-18(15)16)22-20-23-24-21(30-20)29-13-14-5-3-9-17(11-14)25(27)28/h1-11H,12-13H2,(H,22,23,26). The number of fused-ring (bicyclic) bond motifs is 1. The van der Waals surface area contributed by atoms with Crippen LogP contribution in [0.4, 0.5) is 10.8 Å². The van der Waals surface area contributed by atoms with Crippen molar-refractivity contribution < 1.29 is 9.72 Å². The average Bonchev–Trinajstić information content (AvgIpc) is 3.20. The van der Waals surface area contributed by atoms with Crippen LogP contribution < -0.4 is 5.32 Å². The van der Waals surface area contributed by atoms with Crippen molar-refractivity contribution >= 4 is 50.6 Å². The van der Waals surface area contributed by atoms with Crippen LogP contribution in [0, 0.1) is 10.1 Å². The number of non-ortho nitro benzene ring substituents is 1. The number of hydrogen-bond acceptors (Lipinski definition) is 7. The third kappa shape index (κ3) is 4.81. The number of nitro benzene ring substituents is 1. The van der Waals surface area contributed by atoms with Gasteiger partial charge in [0.1, 0.15) is 0 Å². The maximum absolute atomic E-state index is 12.5. The van der Waals surface area contributed by atoms with Gasteiger partial charge < -0.3 is 5.32 Å². The SMILES string of the molecule is O=C(Cc1cccc2ccccc12)Nc1nnc(SCc2cccc([N+](=O)[O-])c2)s1. The number of nitrogens with zero attached hydrogens (tertiary/aromatic N) is 3. The fourth-order valence-electron chi connectivity index (χ4n) is 3.01. The molecule has 1 aromatic heterocycles. The van der Waals surface area contributed by atoms with Crippen molar-refractivity contribution in [3.05, 3.63) is 88.0 Å². The molecule has 0 aliphatic carbocycles. The summed E-state index contributed by atoms with van der Waals surface area (Å²) in [4.78, 5) is 22.9. The molecule has 3 aromatic carbocycles. The number of nitro groups is 1. The van der Waals surface area contributed by atoms with E-state index >= 15 is 0 Å². The van der Waals surface area contributed by atoms with Crippen LogP contribution in [-0.4, -0.2) is 21.0 Å². The van der Waals surface area contributed by atoms with Gasteiger partial charge in [0.05, 0.1) is 11.3 Å². The van der Waals surface area contributed by atoms with Gasteiger partial charge in [-0.05, 0) is 21.9 Å². The van der Waals surface area contributed by atoms with Crippen LogP contribution in [-0.2, 0) is 17.0 Å². The number of aromatic nitrogens is 2. The van der Waals surface area contributed by atoms with Crippen LogP contribution in [0.1, 0.15) is 11.1 Å². The first-order chi connectivity index (χ1) is 14.6. The molecule has 1 amide bonds. The molecule has 4 rings (SSSR count). The number of hydrogen-bond donors (Lipinski definition) is 1. The molecule has 150 valence electrons. The molecule has 0 radical (unpaired) electrons. The largest absolute Gasteiger partial charge is 0.300 e. The molecule has 0 aliphatic rings. The molecule has 0 saturated carbocycles. The van der Waals surface area contributed by atoms with Gasteiger partial charge in [-0.1, -0.05) is 77.7 Å². The van der Waals surface area contributed by atoms with E-state index < -0.39 is 4.92 Å². The maximum Gasteiger partial charge on any atom is 0.269 e. The summed E-state index contributed by atoms with van der Waals surface area (Å²) in [6, 6.07) is 20.4. The Labute approximate surface area is 180 Å². The molecule has 0 fully saturated rings. The van der Waals surface area contributed by atoms with Crippen LogP contribution in [0.5, 0.6) is 0 Å². The van der Waals surface area contributed by atoms with Crippen molar-refractivity contribution in [1.82, 2.24) is 10.2 Å². The molecule has 4 aromatic rings. The van der Waals surface area contributed by atoms with Crippen LogP contribution >= 0.6 is 23.1 Å². The van der Waals surface area contributed by atoms with Crippen molar-refractivity contribution in [2.45, 2.75) is 16.5 Å². The van der Waals surface area contributed by atoms with Crippen LogP contribution in [0.25, 0.3) is 10.8 Å². The third-order valence-electron chi connectivity index (χ3n) is 4.37. The molecule has 0 spiro atoms. The summed E-state index contributed by atoms with van der Waals surface area (Å²) >= 11 is 2.70. The van der Waals surface area contributed by atoms with Gasteiger partial charge in [-0.15, -0.1) is 10.2 Å². The highest BCUT2D eigenvalue weighted by Gasteiger charge is 2.12. The second kappa shape index (κ2) is 9.02. The predicted octanol–water partition coefficient (Wildman–Crippen LogP) is 5.07. The molecule has 1 heterocycles. The highest BCUT2D eigenvalue weighted by Crippen LogP contribution is 2.29. The minimum atomic E-state index is -0.414. The zero-order chi connectivity index (χ0) is 20.9. The monoisotopic (exact) mass is 436 g/mol. The zero-order valence-corrected chi connectivity index (χ0v) is 17.3. The highest BCUT2D eigenvalue weighted by atomic mass is 32.2. The summed E-state index contributed by atoms with van der Waals surface area (Å²) in [6.45, 7) is 0. The van der Waals surface area contributed by atoms with E-state index in [9.17, 15) is 14.9 Å². The Bertz CT molecular complexity index is 1220. The summed E-state index contributed by atoms with van der Waals surface area (Å²) in [5.74, 6) is 0.373. The Morgan fingerprint density at radius 3 is 2.73 bits per heavy atom. The number of benzene rings is 3. The first kappa shape index (κ1) is 20.0. The van der Waals surface area contributed by atoms with E-state index in [0.29, 0.717) is 15.2 Å². The van der Waals surface area contributed by atoms with Crippen LogP contribution in [0.3, 0.4) is 0 Å². The Morgan fingerprint density at radius 2 is 1.87 bits per heavy atom. The first-order valence-electron chi connectivity index (χ1n) is 9.04. The van der Waals surface area contributed by atoms with E-state index in [1.807, 2.05) is 48.5 Å². The summed E-state index contributed by atoms with van der Waals surface area (Å²) < 4.78 is 0.682. The van der Waals surface area contributed by atoms with E-state index in [-0.39, 0.29) is 18.0 Å². The number of amides is 1. The molecule has 9 heteroatoms. The lowest BCUT2D eigenvalue weighted by molar-refractivity contribution is -0.384. The topological polar surface area (TPSA) is 98.0 Å². The number of thioether (sulfide) groups is 1. The fraction of sp³-hybridized carbons (Fsp3) is 0.0952. The Hall–Kier alpha value is -3.30. The lowest BCUT2D eigenvalue weighted by Gasteiger charge is -2.06. The Kier molecular flexibility index (Phi) is 6.01. The third-order valence-corrected chi connectivity index (χ3v) is 6.41. The molecule has 7 nitrogen and oxygen atoms in total. The quantitative estimate of drug-likeness (QED) is 0.188. The molecule has 1 N–H and O–H groups in total. The number of carbonyl (C=O) groups excluding carboxylic acids is 1. The number of anilines is 1. The lowest BCUT2D eigenvalue weighted by atomic mass is 10.0. The summed E-state index contributed by atoms with van der Waals surface area (Å²) in [6.07, 6.45) is 0.247. The predicted molar refractivity (Wildman–Crippen MR) is 119 cm³/mol. The van der Waals surface area contributed by atoms with Gasteiger partial charge in [0.25, 0.3) is 5.69 Å². The molecular formula is C21H16N4O3S2. The summed E-state index contributed by atoms with van der Waals surface area (Å²) in [7, 11) is 0. The fourth-order valence-corrected chi connectivity index (χ4v) is 4.72. The van der Waals surface area contributed by atoms with Crippen molar-refractivity contribution in [2.24, 2.45) is 0 Å². The second-order valence-corrected chi connectivity index (χ2v) is 8.65. The van der Waals surface area contributed by atoms with Gasteiger partial charge >= 0.3 is 0 Å². The van der Waals surface area contributed by atoms with Gasteiger partial charge in [-0.25, -0.2) is 0 Å². The van der Waals surface area contributed by atoms with Crippen molar-refractivity contribution in [2.75, 3.05) is 5.32 Å². The van der Waals surface area contributed by atoms with E-state index in [0.717, 1.165) is 21.9 Å². The van der Waals surface area contributed by atoms with E-state index in [2.05, 4.69) is 15.5 Å². The molecule has 30 heavy (non-hydrogen) atoms. The van der Waals surface area contributed by atoms with E-state index in [4.69, 9.17) is 0 Å². The van der Waals surface area contributed by atoms with Crippen LogP contribution in [0.15, 0.2) is 71.1 Å². The minimum absolute atomic E-state index is 0.0618. The first-order valence-corrected chi connectivity index (χ1v) is 10.8.